The summed E-state index contributed by atoms with van der Waals surface area (Å²) in [5, 5.41) is 13.7. The van der Waals surface area contributed by atoms with E-state index in [-0.39, 0.29) is 5.92 Å². The average Bonchev–Trinajstić information content (AvgIpc) is 2.85. The van der Waals surface area contributed by atoms with Crippen molar-refractivity contribution in [3.8, 4) is 0 Å². The summed E-state index contributed by atoms with van der Waals surface area (Å²) in [5.74, 6) is -1.10. The van der Waals surface area contributed by atoms with E-state index >= 15 is 0 Å². The SMILES string of the molecule is CCC(C)n1ccc(CC(CCCCN)C(=O)O)n1. The number of unbranched alkanes of at least 4 members (excludes halogenated alkanes) is 1. The summed E-state index contributed by atoms with van der Waals surface area (Å²) < 4.78 is 1.91. The quantitative estimate of drug-likeness (QED) is 0.672. The Morgan fingerprint density at radius 2 is 2.26 bits per heavy atom. The van der Waals surface area contributed by atoms with Gasteiger partial charge in [-0.3, -0.25) is 9.48 Å². The van der Waals surface area contributed by atoms with Gasteiger partial charge in [-0.15, -0.1) is 0 Å². The van der Waals surface area contributed by atoms with Gasteiger partial charge in [-0.2, -0.15) is 5.10 Å². The summed E-state index contributed by atoms with van der Waals surface area (Å²) in [4.78, 5) is 11.2. The molecule has 0 aliphatic carbocycles. The van der Waals surface area contributed by atoms with E-state index in [0.29, 0.717) is 25.4 Å². The number of hydrogen-bond acceptors (Lipinski definition) is 3. The Bertz CT molecular complexity index is 390. The van der Waals surface area contributed by atoms with Crippen LogP contribution in [0.4, 0.5) is 0 Å². The number of nitrogens with zero attached hydrogens (tertiary/aromatic N) is 2. The first-order valence-electron chi connectivity index (χ1n) is 7.05. The highest BCUT2D eigenvalue weighted by molar-refractivity contribution is 5.70. The summed E-state index contributed by atoms with van der Waals surface area (Å²) >= 11 is 0. The van der Waals surface area contributed by atoms with E-state index < -0.39 is 5.97 Å². The number of carbonyl (C=O) groups is 1. The molecular weight excluding hydrogens is 242 g/mol. The van der Waals surface area contributed by atoms with Crippen LogP contribution in [0.15, 0.2) is 12.3 Å². The molecule has 0 fully saturated rings. The fourth-order valence-corrected chi connectivity index (χ4v) is 2.02. The number of nitrogens with two attached hydrogens (primary N) is 1. The fraction of sp³-hybridized carbons (Fsp3) is 0.714. The monoisotopic (exact) mass is 267 g/mol. The predicted octanol–water partition coefficient (Wildman–Crippen LogP) is 2.23. The molecule has 2 atom stereocenters. The molecule has 0 aromatic carbocycles. The predicted molar refractivity (Wildman–Crippen MR) is 75.0 cm³/mol. The highest BCUT2D eigenvalue weighted by atomic mass is 16.4. The van der Waals surface area contributed by atoms with Gasteiger partial charge in [0.1, 0.15) is 0 Å². The highest BCUT2D eigenvalue weighted by Crippen LogP contribution is 2.16. The highest BCUT2D eigenvalue weighted by Gasteiger charge is 2.19. The fourth-order valence-electron chi connectivity index (χ4n) is 2.02. The van der Waals surface area contributed by atoms with Gasteiger partial charge in [-0.25, -0.2) is 0 Å². The maximum Gasteiger partial charge on any atom is 0.306 e. The molecule has 0 bridgehead atoms. The van der Waals surface area contributed by atoms with Crippen LogP contribution in [0.5, 0.6) is 0 Å². The number of carboxylic acid groups (broad SMARTS) is 1. The van der Waals surface area contributed by atoms with Crippen molar-refractivity contribution in [2.45, 2.75) is 52.0 Å². The maximum atomic E-state index is 11.2. The molecule has 19 heavy (non-hydrogen) atoms. The summed E-state index contributed by atoms with van der Waals surface area (Å²) in [7, 11) is 0. The second-order valence-electron chi connectivity index (χ2n) is 5.07. The van der Waals surface area contributed by atoms with Crippen LogP contribution in [0.3, 0.4) is 0 Å². The van der Waals surface area contributed by atoms with Crippen molar-refractivity contribution >= 4 is 5.97 Å². The van der Waals surface area contributed by atoms with Gasteiger partial charge in [0.25, 0.3) is 0 Å². The zero-order valence-corrected chi connectivity index (χ0v) is 11.9. The molecule has 0 aliphatic heterocycles. The molecule has 1 aromatic rings. The summed E-state index contributed by atoms with van der Waals surface area (Å²) in [6.45, 7) is 4.83. The minimum absolute atomic E-state index is 0.355. The molecular formula is C14H25N3O2. The zero-order chi connectivity index (χ0) is 14.3. The first-order chi connectivity index (χ1) is 9.08. The van der Waals surface area contributed by atoms with E-state index in [0.717, 1.165) is 25.0 Å². The molecule has 0 saturated heterocycles. The van der Waals surface area contributed by atoms with Gasteiger partial charge >= 0.3 is 5.97 Å². The van der Waals surface area contributed by atoms with Gasteiger partial charge in [-0.05, 0) is 38.8 Å². The van der Waals surface area contributed by atoms with Crippen LogP contribution >= 0.6 is 0 Å². The van der Waals surface area contributed by atoms with E-state index in [1.165, 1.54) is 0 Å². The molecule has 5 heteroatoms. The first kappa shape index (κ1) is 15.7. The van der Waals surface area contributed by atoms with Crippen LogP contribution in [-0.2, 0) is 11.2 Å². The van der Waals surface area contributed by atoms with Gasteiger partial charge in [0.2, 0.25) is 0 Å². The van der Waals surface area contributed by atoms with Crippen molar-refractivity contribution in [1.29, 1.82) is 0 Å². The Kier molecular flexibility index (Phi) is 6.56. The van der Waals surface area contributed by atoms with Gasteiger partial charge in [-0.1, -0.05) is 13.3 Å². The smallest absolute Gasteiger partial charge is 0.306 e. The second-order valence-corrected chi connectivity index (χ2v) is 5.07. The van der Waals surface area contributed by atoms with Gasteiger partial charge in [0, 0.05) is 18.7 Å². The number of aromatic nitrogens is 2. The van der Waals surface area contributed by atoms with Crippen LogP contribution < -0.4 is 5.73 Å². The van der Waals surface area contributed by atoms with Crippen molar-refractivity contribution in [3.05, 3.63) is 18.0 Å². The lowest BCUT2D eigenvalue weighted by molar-refractivity contribution is -0.142. The lowest BCUT2D eigenvalue weighted by Crippen LogP contribution is -2.17. The van der Waals surface area contributed by atoms with Gasteiger partial charge < -0.3 is 10.8 Å². The van der Waals surface area contributed by atoms with Crippen LogP contribution in [-0.4, -0.2) is 27.4 Å². The lowest BCUT2D eigenvalue weighted by Gasteiger charge is -2.11. The Balaban J connectivity index is 2.58. The van der Waals surface area contributed by atoms with E-state index in [9.17, 15) is 9.90 Å². The molecule has 1 aromatic heterocycles. The lowest BCUT2D eigenvalue weighted by atomic mass is 9.97. The van der Waals surface area contributed by atoms with E-state index in [4.69, 9.17) is 5.73 Å². The number of rotatable bonds is 9. The number of carboxylic acids is 1. The standard InChI is InChI=1S/C14H25N3O2/c1-3-11(2)17-9-7-13(16-17)10-12(14(18)19)6-4-5-8-15/h7,9,11-12H,3-6,8,10,15H2,1-2H3,(H,18,19). The summed E-state index contributed by atoms with van der Waals surface area (Å²) in [6, 6.07) is 2.28. The first-order valence-corrected chi connectivity index (χ1v) is 7.05. The molecule has 0 aliphatic rings. The normalized spacial score (nSPS) is 14.3. The minimum Gasteiger partial charge on any atom is -0.481 e. The molecule has 0 radical (unpaired) electrons. The van der Waals surface area contributed by atoms with Crippen molar-refractivity contribution in [2.75, 3.05) is 6.54 Å². The molecule has 3 N–H and O–H groups in total. The van der Waals surface area contributed by atoms with Crippen molar-refractivity contribution in [2.24, 2.45) is 11.7 Å². The minimum atomic E-state index is -0.741. The summed E-state index contributed by atoms with van der Waals surface area (Å²) in [5.41, 5.74) is 6.29. The molecule has 0 saturated carbocycles. The third-order valence-electron chi connectivity index (χ3n) is 3.52. The van der Waals surface area contributed by atoms with E-state index in [2.05, 4.69) is 18.9 Å². The Morgan fingerprint density at radius 1 is 1.53 bits per heavy atom. The maximum absolute atomic E-state index is 11.2. The van der Waals surface area contributed by atoms with Gasteiger partial charge in [0.05, 0.1) is 11.6 Å². The topological polar surface area (TPSA) is 81.1 Å². The van der Waals surface area contributed by atoms with E-state index in [1.54, 1.807) is 0 Å². The Hall–Kier alpha value is -1.36. The second kappa shape index (κ2) is 7.94. The van der Waals surface area contributed by atoms with E-state index in [1.807, 2.05) is 16.9 Å². The molecule has 1 heterocycles. The van der Waals surface area contributed by atoms with Crippen molar-refractivity contribution < 1.29 is 9.90 Å². The number of hydrogen-bond donors (Lipinski definition) is 2. The van der Waals surface area contributed by atoms with Crippen LogP contribution in [0, 0.1) is 5.92 Å². The molecule has 2 unspecified atom stereocenters. The average molecular weight is 267 g/mol. The molecule has 0 amide bonds. The Labute approximate surface area is 114 Å². The largest absolute Gasteiger partial charge is 0.481 e. The summed E-state index contributed by atoms with van der Waals surface area (Å²) in [6.07, 6.45) is 5.86. The van der Waals surface area contributed by atoms with Crippen molar-refractivity contribution in [3.63, 3.8) is 0 Å². The third-order valence-corrected chi connectivity index (χ3v) is 3.52. The zero-order valence-electron chi connectivity index (χ0n) is 11.9. The van der Waals surface area contributed by atoms with Crippen molar-refractivity contribution in [1.82, 2.24) is 9.78 Å². The molecule has 5 nitrogen and oxygen atoms in total. The number of aliphatic carboxylic acids is 1. The Morgan fingerprint density at radius 3 is 2.84 bits per heavy atom. The van der Waals surface area contributed by atoms with Crippen LogP contribution in [0.1, 0.15) is 51.3 Å². The third kappa shape index (κ3) is 5.03. The molecule has 0 spiro atoms. The van der Waals surface area contributed by atoms with Crippen LogP contribution in [0.25, 0.3) is 0 Å². The molecule has 1 rings (SSSR count). The van der Waals surface area contributed by atoms with Crippen LogP contribution in [0.2, 0.25) is 0 Å². The van der Waals surface area contributed by atoms with Gasteiger partial charge in [0.15, 0.2) is 0 Å². The molecule has 108 valence electrons.